The Labute approximate surface area is 88.2 Å². The van der Waals surface area contributed by atoms with E-state index in [1.807, 2.05) is 0 Å². The van der Waals surface area contributed by atoms with Crippen LogP contribution in [0.5, 0.6) is 0 Å². The Balaban J connectivity index is 2.26. The fourth-order valence-corrected chi connectivity index (χ4v) is 2.68. The first-order valence-corrected chi connectivity index (χ1v) is 4.96. The Morgan fingerprint density at radius 3 is 1.67 bits per heavy atom. The topological polar surface area (TPSA) is 52.6 Å². The predicted octanol–water partition coefficient (Wildman–Crippen LogP) is 1.06. The molecule has 2 unspecified atom stereocenters. The number of carbonyl (C=O) groups excluding carboxylic acids is 2. The first-order valence-electron chi connectivity index (χ1n) is 4.96. The van der Waals surface area contributed by atoms with Crippen molar-refractivity contribution < 1.29 is 19.1 Å². The molecule has 0 aromatic carbocycles. The molecule has 4 nitrogen and oxygen atoms in total. The van der Waals surface area contributed by atoms with E-state index in [1.54, 1.807) is 12.2 Å². The number of rotatable bonds is 2. The molecule has 0 heterocycles. The fourth-order valence-electron chi connectivity index (χ4n) is 2.68. The van der Waals surface area contributed by atoms with Crippen LogP contribution in [0.25, 0.3) is 0 Å². The number of hydrogen-bond donors (Lipinski definition) is 0. The van der Waals surface area contributed by atoms with Gasteiger partial charge < -0.3 is 9.47 Å². The minimum atomic E-state index is -0.580. The van der Waals surface area contributed by atoms with Gasteiger partial charge in [-0.3, -0.25) is 9.59 Å². The summed E-state index contributed by atoms with van der Waals surface area (Å²) in [5, 5.41) is 0. The van der Waals surface area contributed by atoms with Crippen molar-refractivity contribution in [1.29, 1.82) is 0 Å². The molecule has 0 saturated heterocycles. The van der Waals surface area contributed by atoms with Crippen LogP contribution in [0.15, 0.2) is 12.2 Å². The van der Waals surface area contributed by atoms with Gasteiger partial charge in [-0.2, -0.15) is 0 Å². The average molecular weight is 210 g/mol. The van der Waals surface area contributed by atoms with Crippen LogP contribution in [-0.4, -0.2) is 26.2 Å². The van der Waals surface area contributed by atoms with E-state index < -0.39 is 10.8 Å². The van der Waals surface area contributed by atoms with Crippen molar-refractivity contribution in [2.45, 2.75) is 19.3 Å². The summed E-state index contributed by atoms with van der Waals surface area (Å²) in [5.74, 6) is -0.496. The van der Waals surface area contributed by atoms with Gasteiger partial charge in [0, 0.05) is 0 Å². The maximum Gasteiger partial charge on any atom is 0.315 e. The van der Waals surface area contributed by atoms with Crippen LogP contribution >= 0.6 is 0 Å². The molecule has 2 aliphatic rings. The normalized spacial score (nSPS) is 36.7. The number of carbonyl (C=O) groups is 2. The lowest BCUT2D eigenvalue weighted by molar-refractivity contribution is -0.151. The first-order chi connectivity index (χ1) is 7.08. The van der Waals surface area contributed by atoms with Crippen molar-refractivity contribution in [1.82, 2.24) is 0 Å². The molecule has 2 bridgehead atoms. The highest BCUT2D eigenvalue weighted by molar-refractivity contribution is 5.87. The highest BCUT2D eigenvalue weighted by Gasteiger charge is 2.59. The van der Waals surface area contributed by atoms with E-state index in [0.29, 0.717) is 19.3 Å². The van der Waals surface area contributed by atoms with E-state index in [4.69, 9.17) is 9.47 Å². The summed E-state index contributed by atoms with van der Waals surface area (Å²) < 4.78 is 9.54. The summed E-state index contributed by atoms with van der Waals surface area (Å²) in [4.78, 5) is 23.2. The van der Waals surface area contributed by atoms with E-state index in [9.17, 15) is 9.59 Å². The van der Waals surface area contributed by atoms with Crippen LogP contribution in [0.2, 0.25) is 0 Å². The van der Waals surface area contributed by atoms with E-state index in [-0.39, 0.29) is 11.9 Å². The van der Waals surface area contributed by atoms with Gasteiger partial charge in [0.15, 0.2) is 0 Å². The molecule has 15 heavy (non-hydrogen) atoms. The quantitative estimate of drug-likeness (QED) is 0.505. The van der Waals surface area contributed by atoms with Gasteiger partial charge in [-0.05, 0) is 19.3 Å². The third kappa shape index (κ3) is 1.20. The van der Waals surface area contributed by atoms with Crippen LogP contribution in [0.4, 0.5) is 0 Å². The van der Waals surface area contributed by atoms with Gasteiger partial charge in [-0.25, -0.2) is 0 Å². The largest absolute Gasteiger partial charge is 0.468 e. The van der Waals surface area contributed by atoms with E-state index in [1.165, 1.54) is 14.2 Å². The molecule has 0 N–H and O–H groups in total. The van der Waals surface area contributed by atoms with Crippen LogP contribution in [0.3, 0.4) is 0 Å². The lowest BCUT2D eigenvalue weighted by atomic mass is 9.87. The lowest BCUT2D eigenvalue weighted by Gasteiger charge is -2.19. The van der Waals surface area contributed by atoms with Crippen LogP contribution in [0, 0.1) is 10.8 Å². The van der Waals surface area contributed by atoms with E-state index in [2.05, 4.69) is 0 Å². The molecule has 0 aliphatic heterocycles. The standard InChI is InChI=1S/C11H14O4/c1-14-8(12)10-3-5-11(7-10,6-4-10)9(13)15-2/h3,5H,4,6-7H2,1-2H3. The molecular formula is C11H14O4. The number of fused-ring (bicyclic) bond motifs is 2. The molecule has 0 radical (unpaired) electrons. The molecule has 4 heteroatoms. The van der Waals surface area contributed by atoms with Crippen LogP contribution in [0.1, 0.15) is 19.3 Å². The van der Waals surface area contributed by atoms with Crippen molar-refractivity contribution >= 4 is 11.9 Å². The highest BCUT2D eigenvalue weighted by Crippen LogP contribution is 2.57. The molecule has 2 rings (SSSR count). The number of hydrogen-bond acceptors (Lipinski definition) is 4. The minimum absolute atomic E-state index is 0.248. The second-order valence-electron chi connectivity index (χ2n) is 4.31. The Morgan fingerprint density at radius 1 is 1.00 bits per heavy atom. The second kappa shape index (κ2) is 3.08. The Morgan fingerprint density at radius 2 is 1.40 bits per heavy atom. The number of esters is 2. The molecule has 1 saturated carbocycles. The minimum Gasteiger partial charge on any atom is -0.468 e. The maximum atomic E-state index is 11.6. The van der Waals surface area contributed by atoms with Crippen molar-refractivity contribution in [3.63, 3.8) is 0 Å². The molecule has 0 amide bonds. The second-order valence-corrected chi connectivity index (χ2v) is 4.31. The Hall–Kier alpha value is -1.32. The van der Waals surface area contributed by atoms with Crippen molar-refractivity contribution in [2.24, 2.45) is 10.8 Å². The summed E-state index contributed by atoms with van der Waals surface area (Å²) in [6, 6.07) is 0. The van der Waals surface area contributed by atoms with E-state index in [0.717, 1.165) is 0 Å². The summed E-state index contributed by atoms with van der Waals surface area (Å²) in [6.07, 6.45) is 5.45. The predicted molar refractivity (Wildman–Crippen MR) is 51.9 cm³/mol. The Bertz CT molecular complexity index is 314. The van der Waals surface area contributed by atoms with Gasteiger partial charge in [-0.1, -0.05) is 12.2 Å². The van der Waals surface area contributed by atoms with Crippen molar-refractivity contribution in [2.75, 3.05) is 14.2 Å². The zero-order chi connectivity index (χ0) is 11.1. The van der Waals surface area contributed by atoms with E-state index >= 15 is 0 Å². The summed E-state index contributed by atoms with van der Waals surface area (Å²) >= 11 is 0. The molecule has 2 atom stereocenters. The molecule has 0 spiro atoms. The van der Waals surface area contributed by atoms with Gasteiger partial charge in [0.25, 0.3) is 0 Å². The van der Waals surface area contributed by atoms with Crippen molar-refractivity contribution in [3.8, 4) is 0 Å². The SMILES string of the molecule is COC(=O)C12C=CC(C(=O)OC)(CC1)C2. The number of ether oxygens (including phenoxy) is 2. The molecule has 2 aliphatic carbocycles. The van der Waals surface area contributed by atoms with Gasteiger partial charge in [-0.15, -0.1) is 0 Å². The molecule has 82 valence electrons. The van der Waals surface area contributed by atoms with Gasteiger partial charge in [0.05, 0.1) is 25.0 Å². The van der Waals surface area contributed by atoms with Gasteiger partial charge in [0.2, 0.25) is 0 Å². The first kappa shape index (κ1) is 10.2. The molecule has 0 aromatic rings. The third-order valence-electron chi connectivity index (χ3n) is 3.55. The van der Waals surface area contributed by atoms with Crippen LogP contribution in [-0.2, 0) is 19.1 Å². The zero-order valence-corrected chi connectivity index (χ0v) is 8.91. The molecule has 0 aromatic heterocycles. The highest BCUT2D eigenvalue weighted by atomic mass is 16.5. The van der Waals surface area contributed by atoms with Gasteiger partial charge in [0.1, 0.15) is 0 Å². The third-order valence-corrected chi connectivity index (χ3v) is 3.55. The Kier molecular flexibility index (Phi) is 2.10. The number of methoxy groups -OCH3 is 2. The lowest BCUT2D eigenvalue weighted by Crippen LogP contribution is -2.28. The monoisotopic (exact) mass is 210 g/mol. The molecular weight excluding hydrogens is 196 g/mol. The summed E-state index contributed by atoms with van der Waals surface area (Å²) in [5.41, 5.74) is -1.16. The average Bonchev–Trinajstić information content (AvgIpc) is 2.85. The fraction of sp³-hybridized carbons (Fsp3) is 0.636. The zero-order valence-electron chi connectivity index (χ0n) is 8.91. The smallest absolute Gasteiger partial charge is 0.315 e. The molecule has 1 fully saturated rings. The van der Waals surface area contributed by atoms with Gasteiger partial charge >= 0.3 is 11.9 Å². The summed E-state index contributed by atoms with van der Waals surface area (Å²) in [7, 11) is 2.75. The van der Waals surface area contributed by atoms with Crippen molar-refractivity contribution in [3.05, 3.63) is 12.2 Å². The van der Waals surface area contributed by atoms with Crippen LogP contribution < -0.4 is 0 Å². The summed E-state index contributed by atoms with van der Waals surface area (Å²) in [6.45, 7) is 0. The maximum absolute atomic E-state index is 11.6.